The number of aryl methyl sites for hydroxylation is 1. The van der Waals surface area contributed by atoms with E-state index in [4.69, 9.17) is 0 Å². The van der Waals surface area contributed by atoms with Crippen molar-refractivity contribution in [3.8, 4) is 11.4 Å². The molecule has 0 unspecified atom stereocenters. The molecule has 8 heteroatoms. The van der Waals surface area contributed by atoms with Gasteiger partial charge in [-0.1, -0.05) is 6.92 Å². The Morgan fingerprint density at radius 1 is 1.35 bits per heavy atom. The molecule has 0 fully saturated rings. The van der Waals surface area contributed by atoms with Crippen LogP contribution in [0.4, 0.5) is 5.82 Å². The van der Waals surface area contributed by atoms with Gasteiger partial charge in [0.05, 0.1) is 0 Å². The van der Waals surface area contributed by atoms with Crippen LogP contribution < -0.4 is 10.6 Å². The Kier molecular flexibility index (Phi) is 5.40. The van der Waals surface area contributed by atoms with Gasteiger partial charge < -0.3 is 10.6 Å². The number of fused-ring (bicyclic) bond motifs is 1. The quantitative estimate of drug-likeness (QED) is 0.676. The molecule has 1 atom stereocenters. The van der Waals surface area contributed by atoms with Crippen LogP contribution in [0.1, 0.15) is 32.4 Å². The first-order valence-electron chi connectivity index (χ1n) is 8.75. The van der Waals surface area contributed by atoms with Crippen molar-refractivity contribution in [2.24, 2.45) is 0 Å². The van der Waals surface area contributed by atoms with Gasteiger partial charge in [0.25, 0.3) is 5.78 Å². The van der Waals surface area contributed by atoms with E-state index in [-0.39, 0.29) is 11.9 Å². The highest BCUT2D eigenvalue weighted by molar-refractivity contribution is 5.76. The Morgan fingerprint density at radius 2 is 2.19 bits per heavy atom. The number of nitrogens with zero attached hydrogens (tertiary/aromatic N) is 5. The second-order valence-corrected chi connectivity index (χ2v) is 6.23. The van der Waals surface area contributed by atoms with Gasteiger partial charge in [0.1, 0.15) is 5.82 Å². The number of hydrogen-bond acceptors (Lipinski definition) is 6. The van der Waals surface area contributed by atoms with Gasteiger partial charge in [-0.15, -0.1) is 5.10 Å². The third kappa shape index (κ3) is 4.14. The molecule has 3 aromatic heterocycles. The summed E-state index contributed by atoms with van der Waals surface area (Å²) in [4.78, 5) is 24.9. The van der Waals surface area contributed by atoms with E-state index in [0.717, 1.165) is 23.5 Å². The minimum absolute atomic E-state index is 0.0310. The van der Waals surface area contributed by atoms with Crippen molar-refractivity contribution in [2.75, 3.05) is 11.9 Å². The fraction of sp³-hybridized carbons (Fsp3) is 0.389. The molecular formula is C18H23N7O. The molecule has 0 spiro atoms. The van der Waals surface area contributed by atoms with Crippen molar-refractivity contribution in [3.05, 3.63) is 36.3 Å². The van der Waals surface area contributed by atoms with Crippen LogP contribution in [0.15, 0.2) is 30.6 Å². The SMILES string of the molecule is CC[C@@H](C)NC(=O)CCNc1cc(C)nc2nc(-c3cccnc3)nn12. The molecule has 3 rings (SSSR count). The van der Waals surface area contributed by atoms with Gasteiger partial charge in [-0.25, -0.2) is 4.98 Å². The average molecular weight is 353 g/mol. The van der Waals surface area contributed by atoms with E-state index < -0.39 is 0 Å². The standard InChI is InChI=1S/C18H23N7O/c1-4-12(2)21-16(26)7-9-20-15-10-13(3)22-18-23-17(24-25(15)18)14-6-5-8-19-11-14/h5-6,8,10-12,20H,4,7,9H2,1-3H3,(H,21,26)/t12-/m1/s1. The highest BCUT2D eigenvalue weighted by atomic mass is 16.1. The largest absolute Gasteiger partial charge is 0.369 e. The maximum Gasteiger partial charge on any atom is 0.254 e. The summed E-state index contributed by atoms with van der Waals surface area (Å²) in [5.74, 6) is 1.86. The number of hydrogen-bond donors (Lipinski definition) is 2. The van der Waals surface area contributed by atoms with E-state index in [0.29, 0.717) is 24.6 Å². The molecule has 0 saturated heterocycles. The molecule has 1 amide bonds. The first-order valence-corrected chi connectivity index (χ1v) is 8.75. The van der Waals surface area contributed by atoms with Gasteiger partial charge in [0, 0.05) is 48.7 Å². The molecule has 0 aromatic carbocycles. The van der Waals surface area contributed by atoms with Crippen LogP contribution in [0.25, 0.3) is 17.2 Å². The van der Waals surface area contributed by atoms with Crippen LogP contribution in [0.5, 0.6) is 0 Å². The average Bonchev–Trinajstić information content (AvgIpc) is 3.06. The molecule has 8 nitrogen and oxygen atoms in total. The number of nitrogens with one attached hydrogen (secondary N) is 2. The number of carbonyl (C=O) groups excluding carboxylic acids is 1. The minimum Gasteiger partial charge on any atom is -0.369 e. The number of amides is 1. The fourth-order valence-corrected chi connectivity index (χ4v) is 2.48. The van der Waals surface area contributed by atoms with Crippen LogP contribution in [0.3, 0.4) is 0 Å². The molecule has 0 saturated carbocycles. The smallest absolute Gasteiger partial charge is 0.254 e. The number of anilines is 1. The van der Waals surface area contributed by atoms with Crippen LogP contribution in [-0.4, -0.2) is 43.1 Å². The lowest BCUT2D eigenvalue weighted by molar-refractivity contribution is -0.121. The number of carbonyl (C=O) groups is 1. The lowest BCUT2D eigenvalue weighted by atomic mass is 10.2. The molecule has 26 heavy (non-hydrogen) atoms. The van der Waals surface area contributed by atoms with E-state index in [2.05, 4.69) is 30.7 Å². The summed E-state index contributed by atoms with van der Waals surface area (Å²) in [6.45, 7) is 6.45. The summed E-state index contributed by atoms with van der Waals surface area (Å²) >= 11 is 0. The Hall–Kier alpha value is -3.03. The summed E-state index contributed by atoms with van der Waals surface area (Å²) in [6, 6.07) is 5.83. The molecule has 0 bridgehead atoms. The number of pyridine rings is 1. The minimum atomic E-state index is 0.0310. The van der Waals surface area contributed by atoms with Gasteiger partial charge in [0.15, 0.2) is 5.82 Å². The summed E-state index contributed by atoms with van der Waals surface area (Å²) in [5, 5.41) is 10.7. The molecule has 2 N–H and O–H groups in total. The zero-order chi connectivity index (χ0) is 18.5. The predicted octanol–water partition coefficient (Wildman–Crippen LogP) is 2.21. The van der Waals surface area contributed by atoms with Gasteiger partial charge in [-0.05, 0) is 32.4 Å². The van der Waals surface area contributed by atoms with Crippen LogP contribution in [-0.2, 0) is 4.79 Å². The Morgan fingerprint density at radius 3 is 2.92 bits per heavy atom. The molecule has 136 valence electrons. The molecule has 3 heterocycles. The monoisotopic (exact) mass is 353 g/mol. The molecule has 0 aliphatic heterocycles. The lowest BCUT2D eigenvalue weighted by Gasteiger charge is -2.12. The van der Waals surface area contributed by atoms with Crippen LogP contribution in [0, 0.1) is 6.92 Å². The molecule has 0 radical (unpaired) electrons. The van der Waals surface area contributed by atoms with E-state index in [9.17, 15) is 4.79 Å². The van der Waals surface area contributed by atoms with Crippen molar-refractivity contribution in [1.82, 2.24) is 29.9 Å². The molecule has 0 aliphatic carbocycles. The first-order chi connectivity index (χ1) is 12.6. The summed E-state index contributed by atoms with van der Waals surface area (Å²) < 4.78 is 1.65. The maximum absolute atomic E-state index is 11.9. The van der Waals surface area contributed by atoms with Crippen molar-refractivity contribution in [3.63, 3.8) is 0 Å². The lowest BCUT2D eigenvalue weighted by Crippen LogP contribution is -2.33. The summed E-state index contributed by atoms with van der Waals surface area (Å²) in [7, 11) is 0. The van der Waals surface area contributed by atoms with E-state index in [1.165, 1.54) is 0 Å². The van der Waals surface area contributed by atoms with Crippen LogP contribution in [0.2, 0.25) is 0 Å². The Bertz CT molecular complexity index is 891. The molecule has 3 aromatic rings. The van der Waals surface area contributed by atoms with Gasteiger partial charge >= 0.3 is 0 Å². The second-order valence-electron chi connectivity index (χ2n) is 6.23. The fourth-order valence-electron chi connectivity index (χ4n) is 2.48. The zero-order valence-electron chi connectivity index (χ0n) is 15.2. The Balaban J connectivity index is 1.76. The van der Waals surface area contributed by atoms with Gasteiger partial charge in [-0.3, -0.25) is 9.78 Å². The first kappa shape index (κ1) is 17.8. The van der Waals surface area contributed by atoms with E-state index >= 15 is 0 Å². The Labute approximate surface area is 152 Å². The van der Waals surface area contributed by atoms with E-state index in [1.54, 1.807) is 16.9 Å². The maximum atomic E-state index is 11.9. The molecule has 0 aliphatic rings. The highest BCUT2D eigenvalue weighted by Crippen LogP contribution is 2.17. The van der Waals surface area contributed by atoms with Crippen molar-refractivity contribution >= 4 is 17.5 Å². The third-order valence-electron chi connectivity index (χ3n) is 4.04. The topological polar surface area (TPSA) is 97.1 Å². The summed E-state index contributed by atoms with van der Waals surface area (Å²) in [6.07, 6.45) is 4.73. The molecular weight excluding hydrogens is 330 g/mol. The van der Waals surface area contributed by atoms with E-state index in [1.807, 2.05) is 39.0 Å². The number of rotatable bonds is 7. The second kappa shape index (κ2) is 7.90. The third-order valence-corrected chi connectivity index (χ3v) is 4.04. The highest BCUT2D eigenvalue weighted by Gasteiger charge is 2.12. The van der Waals surface area contributed by atoms with Crippen molar-refractivity contribution < 1.29 is 4.79 Å². The number of aromatic nitrogens is 5. The van der Waals surface area contributed by atoms with Gasteiger partial charge in [0.2, 0.25) is 5.91 Å². The summed E-state index contributed by atoms with van der Waals surface area (Å²) in [5.41, 5.74) is 1.66. The van der Waals surface area contributed by atoms with Crippen LogP contribution >= 0.6 is 0 Å². The van der Waals surface area contributed by atoms with Crippen molar-refractivity contribution in [1.29, 1.82) is 0 Å². The zero-order valence-corrected chi connectivity index (χ0v) is 15.2. The normalized spacial score (nSPS) is 12.1. The van der Waals surface area contributed by atoms with Gasteiger partial charge in [-0.2, -0.15) is 9.50 Å². The predicted molar refractivity (Wildman–Crippen MR) is 99.8 cm³/mol. The van der Waals surface area contributed by atoms with Crippen molar-refractivity contribution in [2.45, 2.75) is 39.7 Å².